The van der Waals surface area contributed by atoms with Crippen LogP contribution in [0.4, 0.5) is 4.79 Å². The highest BCUT2D eigenvalue weighted by Crippen LogP contribution is 2.21. The van der Waals surface area contributed by atoms with Crippen molar-refractivity contribution < 1.29 is 14.6 Å². The molecule has 2 atom stereocenters. The molecule has 1 aliphatic heterocycles. The number of benzene rings is 2. The Hall–Kier alpha value is -2.27. The molecule has 0 aliphatic carbocycles. The summed E-state index contributed by atoms with van der Waals surface area (Å²) in [6.07, 6.45) is 1.27. The lowest BCUT2D eigenvalue weighted by Crippen LogP contribution is -2.39. The number of fused-ring (bicyclic) bond motifs is 1. The zero-order chi connectivity index (χ0) is 17.6. The molecule has 1 heterocycles. The summed E-state index contributed by atoms with van der Waals surface area (Å²) < 4.78 is 5.77. The fourth-order valence-electron chi connectivity index (χ4n) is 3.19. The highest BCUT2D eigenvalue weighted by molar-refractivity contribution is 5.83. The Kier molecular flexibility index (Phi) is 5.76. The van der Waals surface area contributed by atoms with E-state index in [4.69, 9.17) is 4.74 Å². The van der Waals surface area contributed by atoms with Crippen molar-refractivity contribution in [3.05, 3.63) is 42.5 Å². The molecular formula is C20H26N2O3. The first-order valence-electron chi connectivity index (χ1n) is 8.96. The molecule has 5 nitrogen and oxygen atoms in total. The van der Waals surface area contributed by atoms with Crippen molar-refractivity contribution in [2.75, 3.05) is 26.2 Å². The predicted molar refractivity (Wildman–Crippen MR) is 98.8 cm³/mol. The zero-order valence-corrected chi connectivity index (χ0v) is 14.6. The number of carbonyl (C=O) groups excluding carboxylic acids is 1. The quantitative estimate of drug-likeness (QED) is 0.793. The van der Waals surface area contributed by atoms with Gasteiger partial charge in [-0.25, -0.2) is 4.79 Å². The van der Waals surface area contributed by atoms with Gasteiger partial charge in [0.25, 0.3) is 0 Å². The Morgan fingerprint density at radius 1 is 1.32 bits per heavy atom. The third-order valence-corrected chi connectivity index (χ3v) is 4.78. The van der Waals surface area contributed by atoms with Gasteiger partial charge in [0.2, 0.25) is 0 Å². The van der Waals surface area contributed by atoms with Gasteiger partial charge in [-0.2, -0.15) is 0 Å². The molecule has 2 aromatic rings. The van der Waals surface area contributed by atoms with E-state index in [-0.39, 0.29) is 18.1 Å². The molecule has 0 spiro atoms. The molecule has 1 saturated heterocycles. The fraction of sp³-hybridized carbons (Fsp3) is 0.450. The van der Waals surface area contributed by atoms with Crippen LogP contribution in [-0.4, -0.2) is 48.4 Å². The summed E-state index contributed by atoms with van der Waals surface area (Å²) in [5.74, 6) is 1.05. The van der Waals surface area contributed by atoms with Crippen molar-refractivity contribution in [3.8, 4) is 5.75 Å². The molecule has 0 radical (unpaired) electrons. The molecule has 134 valence electrons. The maximum Gasteiger partial charge on any atom is 0.317 e. The lowest BCUT2D eigenvalue weighted by atomic mass is 10.0. The number of ether oxygens (including phenoxy) is 1. The molecule has 3 rings (SSSR count). The number of aliphatic hydroxyl groups is 1. The fourth-order valence-corrected chi connectivity index (χ4v) is 3.19. The van der Waals surface area contributed by atoms with Crippen LogP contribution in [0.15, 0.2) is 42.5 Å². The van der Waals surface area contributed by atoms with E-state index >= 15 is 0 Å². The number of nitrogens with one attached hydrogen (secondary N) is 1. The molecular weight excluding hydrogens is 316 g/mol. The average molecular weight is 342 g/mol. The lowest BCUT2D eigenvalue weighted by Gasteiger charge is -2.18. The second-order valence-corrected chi connectivity index (χ2v) is 6.68. The van der Waals surface area contributed by atoms with E-state index < -0.39 is 0 Å². The van der Waals surface area contributed by atoms with Crippen LogP contribution in [0.3, 0.4) is 0 Å². The summed E-state index contributed by atoms with van der Waals surface area (Å²) >= 11 is 0. The molecule has 0 unspecified atom stereocenters. The van der Waals surface area contributed by atoms with Gasteiger partial charge < -0.3 is 20.1 Å². The van der Waals surface area contributed by atoms with Crippen LogP contribution < -0.4 is 10.1 Å². The Morgan fingerprint density at radius 3 is 2.88 bits per heavy atom. The summed E-state index contributed by atoms with van der Waals surface area (Å²) in [7, 11) is 0. The number of rotatable bonds is 6. The maximum absolute atomic E-state index is 12.1. The first-order chi connectivity index (χ1) is 12.1. The van der Waals surface area contributed by atoms with Gasteiger partial charge in [-0.3, -0.25) is 0 Å². The third-order valence-electron chi connectivity index (χ3n) is 4.78. The van der Waals surface area contributed by atoms with E-state index in [1.54, 1.807) is 11.8 Å². The van der Waals surface area contributed by atoms with E-state index in [1.165, 1.54) is 5.39 Å². The van der Waals surface area contributed by atoms with Crippen LogP contribution in [0.25, 0.3) is 10.8 Å². The topological polar surface area (TPSA) is 61.8 Å². The minimum atomic E-state index is -0.354. The van der Waals surface area contributed by atoms with Gasteiger partial charge in [0.1, 0.15) is 5.75 Å². The lowest BCUT2D eigenvalue weighted by molar-refractivity contribution is 0.129. The standard InChI is InChI=1S/C20H26N2O3/c1-15(23)18-9-11-22(14-18)20(24)21-10-4-12-25-19-8-7-16-5-2-3-6-17(16)13-19/h2-3,5-8,13,15,18,23H,4,9-12,14H2,1H3,(H,21,24)/t15-,18+/m0/s1. The molecule has 0 saturated carbocycles. The molecule has 1 fully saturated rings. The molecule has 1 aliphatic rings. The maximum atomic E-state index is 12.1. The highest BCUT2D eigenvalue weighted by atomic mass is 16.5. The molecule has 5 heteroatoms. The number of carbonyl (C=O) groups is 1. The summed E-state index contributed by atoms with van der Waals surface area (Å²) in [5.41, 5.74) is 0. The molecule has 25 heavy (non-hydrogen) atoms. The van der Waals surface area contributed by atoms with E-state index in [9.17, 15) is 9.90 Å². The van der Waals surface area contributed by atoms with Gasteiger partial charge in [-0.15, -0.1) is 0 Å². The highest BCUT2D eigenvalue weighted by Gasteiger charge is 2.28. The van der Waals surface area contributed by atoms with Crippen molar-refractivity contribution in [3.63, 3.8) is 0 Å². The smallest absolute Gasteiger partial charge is 0.317 e. The average Bonchev–Trinajstić information content (AvgIpc) is 3.12. The minimum Gasteiger partial charge on any atom is -0.494 e. The van der Waals surface area contributed by atoms with Gasteiger partial charge in [0, 0.05) is 25.6 Å². The van der Waals surface area contributed by atoms with E-state index in [1.807, 2.05) is 24.3 Å². The van der Waals surface area contributed by atoms with E-state index in [2.05, 4.69) is 23.5 Å². The predicted octanol–water partition coefficient (Wildman–Crippen LogP) is 3.02. The normalized spacial score (nSPS) is 18.3. The first-order valence-corrected chi connectivity index (χ1v) is 8.96. The molecule has 2 amide bonds. The summed E-state index contributed by atoms with van der Waals surface area (Å²) in [4.78, 5) is 13.9. The third kappa shape index (κ3) is 4.63. The van der Waals surface area contributed by atoms with Crippen molar-refractivity contribution in [1.29, 1.82) is 0 Å². The Labute approximate surface area is 148 Å². The van der Waals surface area contributed by atoms with Crippen LogP contribution >= 0.6 is 0 Å². The van der Waals surface area contributed by atoms with Crippen molar-refractivity contribution in [2.45, 2.75) is 25.9 Å². The summed E-state index contributed by atoms with van der Waals surface area (Å²) in [6, 6.07) is 14.2. The van der Waals surface area contributed by atoms with E-state index in [0.29, 0.717) is 19.7 Å². The Balaban J connectivity index is 1.36. The second-order valence-electron chi connectivity index (χ2n) is 6.68. The SMILES string of the molecule is C[C@H](O)[C@@H]1CCN(C(=O)NCCCOc2ccc3ccccc3c2)C1. The van der Waals surface area contributed by atoms with E-state index in [0.717, 1.165) is 30.5 Å². The number of amides is 2. The first kappa shape index (κ1) is 17.5. The number of hydrogen-bond donors (Lipinski definition) is 2. The Bertz CT molecular complexity index is 717. The largest absolute Gasteiger partial charge is 0.494 e. The van der Waals surface area contributed by atoms with Crippen molar-refractivity contribution in [2.24, 2.45) is 5.92 Å². The van der Waals surface area contributed by atoms with Crippen LogP contribution in [0.5, 0.6) is 5.75 Å². The number of hydrogen-bond acceptors (Lipinski definition) is 3. The summed E-state index contributed by atoms with van der Waals surface area (Å²) in [6.45, 7) is 4.29. The zero-order valence-electron chi connectivity index (χ0n) is 14.6. The van der Waals surface area contributed by atoms with Crippen LogP contribution in [0, 0.1) is 5.92 Å². The molecule has 0 bridgehead atoms. The second kappa shape index (κ2) is 8.21. The minimum absolute atomic E-state index is 0.0474. The summed E-state index contributed by atoms with van der Waals surface area (Å²) in [5, 5.41) is 14.9. The molecule has 2 aromatic carbocycles. The number of urea groups is 1. The van der Waals surface area contributed by atoms with Gasteiger partial charge in [-0.1, -0.05) is 30.3 Å². The van der Waals surface area contributed by atoms with Crippen molar-refractivity contribution >= 4 is 16.8 Å². The number of nitrogens with zero attached hydrogens (tertiary/aromatic N) is 1. The van der Waals surface area contributed by atoms with Gasteiger partial charge in [0.15, 0.2) is 0 Å². The number of likely N-dealkylation sites (tertiary alicyclic amines) is 1. The molecule has 0 aromatic heterocycles. The number of aliphatic hydroxyl groups excluding tert-OH is 1. The Morgan fingerprint density at radius 2 is 2.12 bits per heavy atom. The van der Waals surface area contributed by atoms with Gasteiger partial charge in [0.05, 0.1) is 12.7 Å². The van der Waals surface area contributed by atoms with Crippen LogP contribution in [-0.2, 0) is 0 Å². The van der Waals surface area contributed by atoms with Crippen LogP contribution in [0.2, 0.25) is 0 Å². The van der Waals surface area contributed by atoms with Gasteiger partial charge in [-0.05, 0) is 42.7 Å². The molecule has 2 N–H and O–H groups in total. The monoisotopic (exact) mass is 342 g/mol. The van der Waals surface area contributed by atoms with Crippen LogP contribution in [0.1, 0.15) is 19.8 Å². The van der Waals surface area contributed by atoms with Crippen molar-refractivity contribution in [1.82, 2.24) is 10.2 Å². The van der Waals surface area contributed by atoms with Gasteiger partial charge >= 0.3 is 6.03 Å².